The van der Waals surface area contributed by atoms with Crippen molar-refractivity contribution in [3.63, 3.8) is 0 Å². The molecule has 0 bridgehead atoms. The number of para-hydroxylation sites is 1. The zero-order valence-electron chi connectivity index (χ0n) is 20.9. The van der Waals surface area contributed by atoms with E-state index < -0.39 is 35.5 Å². The number of anilines is 2. The van der Waals surface area contributed by atoms with E-state index in [9.17, 15) is 23.2 Å². The Morgan fingerprint density at radius 2 is 1.62 bits per heavy atom. The van der Waals surface area contributed by atoms with Gasteiger partial charge < -0.3 is 16.0 Å². The summed E-state index contributed by atoms with van der Waals surface area (Å²) >= 11 is 0. The van der Waals surface area contributed by atoms with Gasteiger partial charge >= 0.3 is 0 Å². The Kier molecular flexibility index (Phi) is 7.66. The molecule has 6 nitrogen and oxygen atoms in total. The standard InChI is InChI=1S/C29H29F2N3O3/c1-16(2)11-19-7-6-10-24-26(19)28(36)27(22-8-4-5-9-23(22)33-24)34-29(37)17(3)32-25(35)14-18-12-20(30)15-21(31)13-18/h4-10,12-13,15-17,27,33H,11,14H2,1-3H3,(H,32,35)(H,34,37)/t17-,27?/m0/s1. The zero-order valence-corrected chi connectivity index (χ0v) is 20.9. The maximum Gasteiger partial charge on any atom is 0.243 e. The van der Waals surface area contributed by atoms with Gasteiger partial charge in [0.15, 0.2) is 5.78 Å². The van der Waals surface area contributed by atoms with E-state index in [1.54, 1.807) is 12.1 Å². The van der Waals surface area contributed by atoms with Crippen LogP contribution in [0.1, 0.15) is 53.9 Å². The van der Waals surface area contributed by atoms with Crippen molar-refractivity contribution >= 4 is 29.0 Å². The molecular formula is C29H29F2N3O3. The van der Waals surface area contributed by atoms with Crippen molar-refractivity contribution in [1.82, 2.24) is 10.6 Å². The third-order valence-electron chi connectivity index (χ3n) is 6.17. The predicted molar refractivity (Wildman–Crippen MR) is 138 cm³/mol. The van der Waals surface area contributed by atoms with Gasteiger partial charge in [-0.15, -0.1) is 0 Å². The fraction of sp³-hybridized carbons (Fsp3) is 0.276. The highest BCUT2D eigenvalue weighted by Gasteiger charge is 2.33. The molecule has 3 N–H and O–H groups in total. The molecule has 1 heterocycles. The van der Waals surface area contributed by atoms with E-state index >= 15 is 0 Å². The molecule has 0 radical (unpaired) electrons. The minimum atomic E-state index is -0.993. The third kappa shape index (κ3) is 6.02. The Morgan fingerprint density at radius 1 is 0.946 bits per heavy atom. The van der Waals surface area contributed by atoms with Crippen LogP contribution in [-0.2, 0) is 22.4 Å². The monoisotopic (exact) mass is 505 g/mol. The molecular weight excluding hydrogens is 476 g/mol. The second-order valence-corrected chi connectivity index (χ2v) is 9.70. The molecule has 192 valence electrons. The fourth-order valence-electron chi connectivity index (χ4n) is 4.57. The highest BCUT2D eigenvalue weighted by Crippen LogP contribution is 2.37. The first kappa shape index (κ1) is 26.0. The number of carbonyl (C=O) groups excluding carboxylic acids is 3. The molecule has 0 spiro atoms. The van der Waals surface area contributed by atoms with Crippen LogP contribution in [0.2, 0.25) is 0 Å². The van der Waals surface area contributed by atoms with Crippen molar-refractivity contribution in [1.29, 1.82) is 0 Å². The molecule has 0 fully saturated rings. The molecule has 1 aliphatic rings. The molecule has 37 heavy (non-hydrogen) atoms. The van der Waals surface area contributed by atoms with E-state index in [0.717, 1.165) is 23.8 Å². The smallest absolute Gasteiger partial charge is 0.243 e. The normalized spacial score (nSPS) is 15.2. The Morgan fingerprint density at radius 3 is 2.32 bits per heavy atom. The molecule has 3 aromatic carbocycles. The number of rotatable bonds is 7. The number of hydrogen-bond acceptors (Lipinski definition) is 4. The van der Waals surface area contributed by atoms with Crippen LogP contribution >= 0.6 is 0 Å². The summed E-state index contributed by atoms with van der Waals surface area (Å²) in [7, 11) is 0. The van der Waals surface area contributed by atoms with Crippen LogP contribution < -0.4 is 16.0 Å². The lowest BCUT2D eigenvalue weighted by Crippen LogP contribution is -2.47. The van der Waals surface area contributed by atoms with Crippen LogP contribution in [0.5, 0.6) is 0 Å². The number of ketones is 1. The maximum absolute atomic E-state index is 13.9. The number of benzene rings is 3. The molecule has 0 saturated heterocycles. The second kappa shape index (κ2) is 10.9. The minimum absolute atomic E-state index is 0.149. The average molecular weight is 506 g/mol. The van der Waals surface area contributed by atoms with E-state index in [1.807, 2.05) is 30.3 Å². The van der Waals surface area contributed by atoms with Gasteiger partial charge in [-0.1, -0.05) is 44.2 Å². The highest BCUT2D eigenvalue weighted by atomic mass is 19.1. The van der Waals surface area contributed by atoms with Crippen molar-refractivity contribution in [2.45, 2.75) is 45.7 Å². The second-order valence-electron chi connectivity index (χ2n) is 9.70. The van der Waals surface area contributed by atoms with Crippen LogP contribution in [0, 0.1) is 17.6 Å². The molecule has 1 aliphatic heterocycles. The number of halogens is 2. The van der Waals surface area contributed by atoms with Gasteiger partial charge in [-0.05, 0) is 54.7 Å². The topological polar surface area (TPSA) is 87.3 Å². The van der Waals surface area contributed by atoms with Crippen molar-refractivity contribution in [3.05, 3.63) is 94.6 Å². The molecule has 1 unspecified atom stereocenters. The summed E-state index contributed by atoms with van der Waals surface area (Å²) in [5.41, 5.74) is 3.56. The van der Waals surface area contributed by atoms with Gasteiger partial charge in [0.1, 0.15) is 23.7 Å². The van der Waals surface area contributed by atoms with Gasteiger partial charge in [0.25, 0.3) is 0 Å². The minimum Gasteiger partial charge on any atom is -0.355 e. The van der Waals surface area contributed by atoms with Gasteiger partial charge in [-0.2, -0.15) is 0 Å². The number of nitrogens with one attached hydrogen (secondary N) is 3. The van der Waals surface area contributed by atoms with Crippen molar-refractivity contribution in [2.24, 2.45) is 5.92 Å². The van der Waals surface area contributed by atoms with Crippen LogP contribution in [-0.4, -0.2) is 23.6 Å². The van der Waals surface area contributed by atoms with E-state index in [2.05, 4.69) is 29.8 Å². The lowest BCUT2D eigenvalue weighted by atomic mass is 9.90. The molecule has 2 amide bonds. The largest absolute Gasteiger partial charge is 0.355 e. The molecule has 8 heteroatoms. The molecule has 4 rings (SSSR count). The zero-order chi connectivity index (χ0) is 26.7. The summed E-state index contributed by atoms with van der Waals surface area (Å²) in [5, 5.41) is 8.70. The first-order valence-electron chi connectivity index (χ1n) is 12.2. The molecule has 2 atom stereocenters. The van der Waals surface area contributed by atoms with E-state index in [-0.39, 0.29) is 17.8 Å². The fourth-order valence-corrected chi connectivity index (χ4v) is 4.57. The third-order valence-corrected chi connectivity index (χ3v) is 6.17. The van der Waals surface area contributed by atoms with Crippen LogP contribution in [0.3, 0.4) is 0 Å². The van der Waals surface area contributed by atoms with E-state index in [4.69, 9.17) is 0 Å². The van der Waals surface area contributed by atoms with Crippen molar-refractivity contribution < 1.29 is 23.2 Å². The van der Waals surface area contributed by atoms with E-state index in [0.29, 0.717) is 34.8 Å². The summed E-state index contributed by atoms with van der Waals surface area (Å²) in [6.45, 7) is 5.64. The number of Topliss-reactive ketones (excluding diaryl/α,β-unsaturated/α-hetero) is 1. The SMILES string of the molecule is CC(C)Cc1cccc2c1C(=O)C(NC(=O)[C@H](C)NC(=O)Cc1cc(F)cc(F)c1)c1ccccc1N2. The van der Waals surface area contributed by atoms with Gasteiger partial charge in [0, 0.05) is 28.6 Å². The highest BCUT2D eigenvalue weighted by molar-refractivity contribution is 6.10. The Balaban J connectivity index is 1.56. The summed E-state index contributed by atoms with van der Waals surface area (Å²) in [6, 6.07) is 13.8. The van der Waals surface area contributed by atoms with E-state index in [1.165, 1.54) is 6.92 Å². The Bertz CT molecular complexity index is 1340. The Labute approximate surface area is 214 Å². The predicted octanol–water partition coefficient (Wildman–Crippen LogP) is 5.01. The van der Waals surface area contributed by atoms with Gasteiger partial charge in [-0.25, -0.2) is 8.78 Å². The molecule has 0 saturated carbocycles. The lowest BCUT2D eigenvalue weighted by Gasteiger charge is -2.22. The van der Waals surface area contributed by atoms with Crippen LogP contribution in [0.4, 0.5) is 20.2 Å². The van der Waals surface area contributed by atoms with Gasteiger partial charge in [0.2, 0.25) is 11.8 Å². The van der Waals surface area contributed by atoms with Crippen molar-refractivity contribution in [2.75, 3.05) is 5.32 Å². The first-order chi connectivity index (χ1) is 17.6. The van der Waals surface area contributed by atoms with Crippen LogP contribution in [0.15, 0.2) is 60.7 Å². The van der Waals surface area contributed by atoms with Gasteiger partial charge in [0.05, 0.1) is 6.42 Å². The Hall–Kier alpha value is -4.07. The van der Waals surface area contributed by atoms with Crippen LogP contribution in [0.25, 0.3) is 0 Å². The maximum atomic E-state index is 13.9. The number of fused-ring (bicyclic) bond motifs is 2. The number of amides is 2. The summed E-state index contributed by atoms with van der Waals surface area (Å²) in [4.78, 5) is 39.5. The molecule has 3 aromatic rings. The molecule has 0 aliphatic carbocycles. The van der Waals surface area contributed by atoms with Gasteiger partial charge in [-0.3, -0.25) is 14.4 Å². The summed E-state index contributed by atoms with van der Waals surface area (Å²) in [5.74, 6) is -2.64. The quantitative estimate of drug-likeness (QED) is 0.421. The lowest BCUT2D eigenvalue weighted by molar-refractivity contribution is -0.128. The van der Waals surface area contributed by atoms with Crippen molar-refractivity contribution in [3.8, 4) is 0 Å². The summed E-state index contributed by atoms with van der Waals surface area (Å²) in [6.07, 6.45) is 0.397. The molecule has 0 aromatic heterocycles. The first-order valence-corrected chi connectivity index (χ1v) is 12.2. The average Bonchev–Trinajstić information content (AvgIpc) is 2.92. The number of hydrogen-bond donors (Lipinski definition) is 3. The number of carbonyl (C=O) groups is 3. The summed E-state index contributed by atoms with van der Waals surface area (Å²) < 4.78 is 26.9.